The molecule has 0 saturated carbocycles. The zero-order valence-corrected chi connectivity index (χ0v) is 13.8. The molecule has 2 aromatic rings. The third-order valence-electron chi connectivity index (χ3n) is 2.91. The van der Waals surface area contributed by atoms with E-state index in [1.54, 1.807) is 19.2 Å². The van der Waals surface area contributed by atoms with Crippen molar-refractivity contribution in [2.45, 2.75) is 11.8 Å². The summed E-state index contributed by atoms with van der Waals surface area (Å²) in [6.07, 6.45) is 0. The van der Waals surface area contributed by atoms with Crippen molar-refractivity contribution in [1.82, 2.24) is 0 Å². The summed E-state index contributed by atoms with van der Waals surface area (Å²) in [7, 11) is 1.62. The van der Waals surface area contributed by atoms with Crippen LogP contribution in [-0.4, -0.2) is 7.11 Å². The summed E-state index contributed by atoms with van der Waals surface area (Å²) >= 11 is 7.05. The Morgan fingerprint density at radius 2 is 1.79 bits per heavy atom. The van der Waals surface area contributed by atoms with E-state index < -0.39 is 0 Å². The van der Waals surface area contributed by atoms with E-state index in [0.29, 0.717) is 5.56 Å². The van der Waals surface area contributed by atoms with Crippen LogP contribution in [-0.2, 0) is 0 Å². The van der Waals surface area contributed by atoms with Gasteiger partial charge in [0.1, 0.15) is 11.6 Å². The molecule has 2 rings (SSSR count). The highest BCUT2D eigenvalue weighted by atomic mass is 79.9. The molecular formula is C15H13Br2FO. The molecule has 0 amide bonds. The van der Waals surface area contributed by atoms with Crippen molar-refractivity contribution in [2.75, 3.05) is 7.11 Å². The molecule has 0 aliphatic carbocycles. The van der Waals surface area contributed by atoms with Gasteiger partial charge in [0.05, 0.1) is 11.9 Å². The van der Waals surface area contributed by atoms with E-state index in [-0.39, 0.29) is 10.6 Å². The largest absolute Gasteiger partial charge is 0.497 e. The Bertz CT molecular complexity index is 599. The molecule has 1 nitrogen and oxygen atoms in total. The maximum absolute atomic E-state index is 14.0. The van der Waals surface area contributed by atoms with E-state index >= 15 is 0 Å². The van der Waals surface area contributed by atoms with Gasteiger partial charge < -0.3 is 4.74 Å². The lowest BCUT2D eigenvalue weighted by atomic mass is 10.0. The topological polar surface area (TPSA) is 9.23 Å². The second-order valence-electron chi connectivity index (χ2n) is 4.27. The lowest BCUT2D eigenvalue weighted by molar-refractivity contribution is 0.414. The molecule has 0 aromatic heterocycles. The molecule has 1 unspecified atom stereocenters. The van der Waals surface area contributed by atoms with Gasteiger partial charge in [0.25, 0.3) is 0 Å². The van der Waals surface area contributed by atoms with Crippen LogP contribution in [0.3, 0.4) is 0 Å². The van der Waals surface area contributed by atoms with Gasteiger partial charge in [0, 0.05) is 10.0 Å². The SMILES string of the molecule is COc1ccc(C(Br)c2ccc(C)cc2F)c(Br)c1. The predicted molar refractivity (Wildman–Crippen MR) is 82.6 cm³/mol. The molecule has 0 aliphatic heterocycles. The number of halogens is 3. The Balaban J connectivity index is 2.41. The van der Waals surface area contributed by atoms with Gasteiger partial charge in [0.15, 0.2) is 0 Å². The molecule has 1 atom stereocenters. The predicted octanol–water partition coefficient (Wildman–Crippen LogP) is 5.39. The summed E-state index contributed by atoms with van der Waals surface area (Å²) in [6.45, 7) is 1.87. The monoisotopic (exact) mass is 386 g/mol. The molecule has 19 heavy (non-hydrogen) atoms. The van der Waals surface area contributed by atoms with Crippen LogP contribution >= 0.6 is 31.9 Å². The molecule has 0 saturated heterocycles. The number of rotatable bonds is 3. The van der Waals surface area contributed by atoms with Crippen molar-refractivity contribution in [3.8, 4) is 5.75 Å². The second-order valence-corrected chi connectivity index (χ2v) is 6.04. The minimum absolute atomic E-state index is 0.201. The van der Waals surface area contributed by atoms with Gasteiger partial charge in [-0.05, 0) is 36.2 Å². The number of benzene rings is 2. The van der Waals surface area contributed by atoms with Crippen LogP contribution < -0.4 is 4.74 Å². The van der Waals surface area contributed by atoms with Crippen LogP contribution in [0.1, 0.15) is 21.5 Å². The Labute approximate surface area is 129 Å². The first-order valence-electron chi connectivity index (χ1n) is 5.76. The second kappa shape index (κ2) is 6.06. The lowest BCUT2D eigenvalue weighted by Crippen LogP contribution is -1.98. The summed E-state index contributed by atoms with van der Waals surface area (Å²) in [5.74, 6) is 0.560. The van der Waals surface area contributed by atoms with Gasteiger partial charge >= 0.3 is 0 Å². The van der Waals surface area contributed by atoms with Crippen LogP contribution in [0.5, 0.6) is 5.75 Å². The zero-order valence-electron chi connectivity index (χ0n) is 10.6. The molecule has 0 radical (unpaired) electrons. The molecule has 0 bridgehead atoms. The molecule has 0 aliphatic rings. The summed E-state index contributed by atoms with van der Waals surface area (Å²) in [5, 5.41) is 0. The van der Waals surface area contributed by atoms with Crippen molar-refractivity contribution < 1.29 is 9.13 Å². The van der Waals surface area contributed by atoms with Crippen molar-refractivity contribution in [2.24, 2.45) is 0 Å². The van der Waals surface area contributed by atoms with Crippen molar-refractivity contribution in [1.29, 1.82) is 0 Å². The number of alkyl halides is 1. The highest BCUT2D eigenvalue weighted by Gasteiger charge is 2.17. The Morgan fingerprint density at radius 1 is 1.11 bits per heavy atom. The zero-order chi connectivity index (χ0) is 14.0. The molecule has 100 valence electrons. The number of hydrogen-bond acceptors (Lipinski definition) is 1. The van der Waals surface area contributed by atoms with E-state index in [9.17, 15) is 4.39 Å². The Morgan fingerprint density at radius 3 is 2.37 bits per heavy atom. The smallest absolute Gasteiger partial charge is 0.128 e. The Hall–Kier alpha value is -0.870. The number of ether oxygens (including phenoxy) is 1. The van der Waals surface area contributed by atoms with Crippen molar-refractivity contribution in [3.63, 3.8) is 0 Å². The summed E-state index contributed by atoms with van der Waals surface area (Å²) in [6, 6.07) is 10.9. The maximum atomic E-state index is 14.0. The van der Waals surface area contributed by atoms with Crippen LogP contribution in [0.15, 0.2) is 40.9 Å². The van der Waals surface area contributed by atoms with Gasteiger partial charge in [-0.15, -0.1) is 0 Å². The third kappa shape index (κ3) is 3.18. The van der Waals surface area contributed by atoms with Gasteiger partial charge in [0.2, 0.25) is 0 Å². The van der Waals surface area contributed by atoms with Crippen LogP contribution in [0.2, 0.25) is 0 Å². The average Bonchev–Trinajstić information content (AvgIpc) is 2.37. The van der Waals surface area contributed by atoms with Gasteiger partial charge in [-0.25, -0.2) is 4.39 Å². The highest BCUT2D eigenvalue weighted by Crippen LogP contribution is 2.38. The fourth-order valence-electron chi connectivity index (χ4n) is 1.85. The van der Waals surface area contributed by atoms with E-state index in [0.717, 1.165) is 21.3 Å². The number of methoxy groups -OCH3 is 1. The first-order valence-corrected chi connectivity index (χ1v) is 7.47. The van der Waals surface area contributed by atoms with Crippen LogP contribution in [0.4, 0.5) is 4.39 Å². The first-order chi connectivity index (χ1) is 9.02. The third-order valence-corrected chi connectivity index (χ3v) is 4.58. The minimum Gasteiger partial charge on any atom is -0.497 e. The van der Waals surface area contributed by atoms with Crippen LogP contribution in [0.25, 0.3) is 0 Å². The summed E-state index contributed by atoms with van der Waals surface area (Å²) in [4.78, 5) is -0.201. The van der Waals surface area contributed by atoms with Crippen molar-refractivity contribution >= 4 is 31.9 Å². The number of hydrogen-bond donors (Lipinski definition) is 0. The van der Waals surface area contributed by atoms with Gasteiger partial charge in [-0.1, -0.05) is 50.1 Å². The van der Waals surface area contributed by atoms with E-state index in [1.807, 2.05) is 31.2 Å². The first kappa shape index (κ1) is 14.5. The molecule has 0 fully saturated rings. The van der Waals surface area contributed by atoms with E-state index in [1.165, 1.54) is 0 Å². The average molecular weight is 388 g/mol. The van der Waals surface area contributed by atoms with Gasteiger partial charge in [-0.2, -0.15) is 0 Å². The molecule has 0 N–H and O–H groups in total. The molecule has 4 heteroatoms. The number of aryl methyl sites for hydroxylation is 1. The summed E-state index contributed by atoms with van der Waals surface area (Å²) < 4.78 is 20.0. The fraction of sp³-hybridized carbons (Fsp3) is 0.200. The molecular weight excluding hydrogens is 375 g/mol. The minimum atomic E-state index is -0.204. The molecule has 0 spiro atoms. The van der Waals surface area contributed by atoms with E-state index in [4.69, 9.17) is 4.74 Å². The maximum Gasteiger partial charge on any atom is 0.128 e. The lowest BCUT2D eigenvalue weighted by Gasteiger charge is -2.15. The van der Waals surface area contributed by atoms with Gasteiger partial charge in [-0.3, -0.25) is 0 Å². The van der Waals surface area contributed by atoms with E-state index in [2.05, 4.69) is 31.9 Å². The summed E-state index contributed by atoms with van der Waals surface area (Å²) in [5.41, 5.74) is 2.50. The molecule has 2 aromatic carbocycles. The Kier molecular flexibility index (Phi) is 4.63. The standard InChI is InChI=1S/C15H13Br2FO/c1-9-3-5-12(14(18)7-9)15(17)11-6-4-10(19-2)8-13(11)16/h3-8,15H,1-2H3. The normalized spacial score (nSPS) is 12.3. The van der Waals surface area contributed by atoms with Crippen LogP contribution in [0, 0.1) is 12.7 Å². The fourth-order valence-corrected chi connectivity index (χ4v) is 3.51. The quantitative estimate of drug-likeness (QED) is 0.641. The van der Waals surface area contributed by atoms with Crippen molar-refractivity contribution in [3.05, 3.63) is 63.4 Å². The molecule has 0 heterocycles. The highest BCUT2D eigenvalue weighted by molar-refractivity contribution is 9.11.